The lowest BCUT2D eigenvalue weighted by molar-refractivity contribution is -0.150. The van der Waals surface area contributed by atoms with Crippen molar-refractivity contribution in [2.24, 2.45) is 0 Å². The molecule has 0 aliphatic heterocycles. The molecule has 0 unspecified atom stereocenters. The molecule has 62 heavy (non-hydrogen) atoms. The summed E-state index contributed by atoms with van der Waals surface area (Å²) in [6.45, 7) is 9.74. The van der Waals surface area contributed by atoms with Gasteiger partial charge in [-0.1, -0.05) is 104 Å². The number of allylic oxidation sites excluding steroid dienone is 1. The number of hydrogen-bond acceptors (Lipinski definition) is 12. The van der Waals surface area contributed by atoms with E-state index in [0.717, 1.165) is 45.1 Å². The number of ether oxygens (including phenoxy) is 6. The van der Waals surface area contributed by atoms with Gasteiger partial charge >= 0.3 is 23.9 Å². The minimum absolute atomic E-state index is 0.0323. The molecule has 0 N–H and O–H groups in total. The predicted molar refractivity (Wildman–Crippen MR) is 248 cm³/mol. The highest BCUT2D eigenvalue weighted by molar-refractivity contribution is 5.91. The van der Waals surface area contributed by atoms with Crippen LogP contribution in [0.25, 0.3) is 0 Å². The highest BCUT2D eigenvalue weighted by atomic mass is 16.6. The first-order valence-electron chi connectivity index (χ1n) is 24.1. The van der Waals surface area contributed by atoms with E-state index < -0.39 is 11.9 Å². The van der Waals surface area contributed by atoms with Gasteiger partial charge in [0.2, 0.25) is 5.75 Å². The van der Waals surface area contributed by atoms with Gasteiger partial charge in [-0.15, -0.1) is 0 Å². The summed E-state index contributed by atoms with van der Waals surface area (Å²) in [5, 5.41) is 0. The van der Waals surface area contributed by atoms with E-state index in [1.807, 2.05) is 25.1 Å². The number of nitrogens with zero attached hydrogens (tertiary/aromatic N) is 2. The fourth-order valence-corrected chi connectivity index (χ4v) is 7.11. The van der Waals surface area contributed by atoms with Crippen LogP contribution in [0.3, 0.4) is 0 Å². The molecule has 0 aromatic heterocycles. The third-order valence-electron chi connectivity index (χ3n) is 10.7. The van der Waals surface area contributed by atoms with Crippen molar-refractivity contribution in [3.8, 4) is 17.2 Å². The van der Waals surface area contributed by atoms with Crippen LogP contribution in [0.15, 0.2) is 24.3 Å². The van der Waals surface area contributed by atoms with Crippen LogP contribution in [0.5, 0.6) is 17.2 Å². The molecule has 0 aliphatic carbocycles. The Morgan fingerprint density at radius 3 is 1.63 bits per heavy atom. The normalized spacial score (nSPS) is 11.5. The zero-order chi connectivity index (χ0) is 45.6. The summed E-state index contributed by atoms with van der Waals surface area (Å²) in [6.07, 6.45) is 26.5. The lowest BCUT2D eigenvalue weighted by Gasteiger charge is -2.22. The second kappa shape index (κ2) is 37.9. The molecule has 0 atom stereocenters. The molecule has 12 heteroatoms. The molecule has 0 radical (unpaired) electrons. The summed E-state index contributed by atoms with van der Waals surface area (Å²) in [5.41, 5.74) is 0.223. The van der Waals surface area contributed by atoms with Crippen LogP contribution in [-0.4, -0.2) is 107 Å². The molecule has 0 aliphatic rings. The van der Waals surface area contributed by atoms with Crippen LogP contribution in [0.2, 0.25) is 0 Å². The quantitative estimate of drug-likeness (QED) is 0.0204. The first-order valence-corrected chi connectivity index (χ1v) is 24.1. The molecule has 0 saturated heterocycles. The van der Waals surface area contributed by atoms with Crippen molar-refractivity contribution in [2.75, 3.05) is 67.7 Å². The summed E-state index contributed by atoms with van der Waals surface area (Å²) in [5.74, 6) is -0.970. The van der Waals surface area contributed by atoms with Gasteiger partial charge in [0.15, 0.2) is 11.5 Å². The van der Waals surface area contributed by atoms with Crippen LogP contribution >= 0.6 is 0 Å². The van der Waals surface area contributed by atoms with Gasteiger partial charge < -0.3 is 38.2 Å². The fourth-order valence-electron chi connectivity index (χ4n) is 7.11. The molecule has 356 valence electrons. The van der Waals surface area contributed by atoms with E-state index in [9.17, 15) is 19.2 Å². The van der Waals surface area contributed by atoms with Crippen LogP contribution < -0.4 is 14.2 Å². The molecule has 1 rings (SSSR count). The van der Waals surface area contributed by atoms with Crippen LogP contribution in [0.1, 0.15) is 185 Å². The van der Waals surface area contributed by atoms with Gasteiger partial charge in [-0.25, -0.2) is 4.79 Å². The average Bonchev–Trinajstić information content (AvgIpc) is 3.25. The van der Waals surface area contributed by atoms with Gasteiger partial charge in [0.1, 0.15) is 12.7 Å². The van der Waals surface area contributed by atoms with Crippen molar-refractivity contribution in [3.63, 3.8) is 0 Å². The Bertz CT molecular complexity index is 1330. The van der Waals surface area contributed by atoms with E-state index in [2.05, 4.69) is 31.7 Å². The maximum absolute atomic E-state index is 13.2. The minimum Gasteiger partial charge on any atom is -0.493 e. The van der Waals surface area contributed by atoms with Gasteiger partial charge in [-0.05, 0) is 110 Å². The Kier molecular flexibility index (Phi) is 34.4. The van der Waals surface area contributed by atoms with Crippen molar-refractivity contribution in [1.82, 2.24) is 9.80 Å². The summed E-state index contributed by atoms with van der Waals surface area (Å²) in [7, 11) is 6.76. The van der Waals surface area contributed by atoms with Crippen LogP contribution in [0.4, 0.5) is 0 Å². The number of carbonyl (C=O) groups excluding carboxylic acids is 4. The largest absolute Gasteiger partial charge is 0.493 e. The van der Waals surface area contributed by atoms with E-state index >= 15 is 0 Å². The molecular weight excluding hydrogens is 789 g/mol. The summed E-state index contributed by atoms with van der Waals surface area (Å²) in [4.78, 5) is 55.8. The molecule has 0 fully saturated rings. The zero-order valence-electron chi connectivity index (χ0n) is 40.1. The first-order chi connectivity index (χ1) is 30.1. The van der Waals surface area contributed by atoms with E-state index in [0.29, 0.717) is 51.7 Å². The smallest absolute Gasteiger partial charge is 0.338 e. The second-order valence-corrected chi connectivity index (χ2v) is 16.7. The Morgan fingerprint density at radius 1 is 0.581 bits per heavy atom. The Labute approximate surface area is 376 Å². The Hall–Kier alpha value is -3.64. The number of esters is 4. The van der Waals surface area contributed by atoms with Gasteiger partial charge in [-0.3, -0.25) is 14.4 Å². The summed E-state index contributed by atoms with van der Waals surface area (Å²) >= 11 is 0. The predicted octanol–water partition coefficient (Wildman–Crippen LogP) is 11.1. The van der Waals surface area contributed by atoms with E-state index in [-0.39, 0.29) is 66.9 Å². The standard InChI is InChI=1S/C50H86N2O10/c1-8-11-14-17-18-21-24-38-59-46(53)31-25-35-52(36-26-32-47(54)61-43(29-22-19-15-12-9-2)30-23-20-16-13-10-3)37-27-33-48(55)62-49-44(57-6)40-42(41-45(49)58-7)50(56)60-39-28-34-51(4)5/h21,24,40-41,43H,8-20,22-23,25-39H2,1-7H3/b24-21-. The Balaban J connectivity index is 2.85. The SMILES string of the molecule is CCCCCC/C=C\COC(=O)CCCN(CCCC(=O)Oc1c(OC)cc(C(=O)OCCCN(C)C)cc1OC)CCCC(=O)OC(CCCCCCC)CCCCCCC. The first kappa shape index (κ1) is 56.4. The fraction of sp³-hybridized carbons (Fsp3) is 0.760. The van der Waals surface area contributed by atoms with Crippen molar-refractivity contribution in [2.45, 2.75) is 181 Å². The average molecular weight is 875 g/mol. The zero-order valence-corrected chi connectivity index (χ0v) is 40.1. The molecule has 0 spiro atoms. The molecule has 12 nitrogen and oxygen atoms in total. The molecule has 1 aromatic rings. The number of benzene rings is 1. The van der Waals surface area contributed by atoms with Crippen molar-refractivity contribution in [1.29, 1.82) is 0 Å². The van der Waals surface area contributed by atoms with E-state index in [1.54, 1.807) is 0 Å². The van der Waals surface area contributed by atoms with Gasteiger partial charge in [-0.2, -0.15) is 0 Å². The lowest BCUT2D eigenvalue weighted by atomic mass is 10.0. The van der Waals surface area contributed by atoms with Crippen molar-refractivity contribution in [3.05, 3.63) is 29.8 Å². The second-order valence-electron chi connectivity index (χ2n) is 16.7. The van der Waals surface area contributed by atoms with Crippen LogP contribution in [0, 0.1) is 0 Å². The van der Waals surface area contributed by atoms with Gasteiger partial charge in [0.05, 0.1) is 26.4 Å². The van der Waals surface area contributed by atoms with Gasteiger partial charge in [0, 0.05) is 25.8 Å². The number of rotatable bonds is 40. The van der Waals surface area contributed by atoms with Gasteiger partial charge in [0.25, 0.3) is 0 Å². The molecule has 0 bridgehead atoms. The van der Waals surface area contributed by atoms with E-state index in [1.165, 1.54) is 97.0 Å². The minimum atomic E-state index is -0.528. The number of unbranched alkanes of at least 4 members (excludes halogenated alkanes) is 12. The van der Waals surface area contributed by atoms with Crippen LogP contribution in [-0.2, 0) is 28.6 Å². The molecule has 1 aromatic carbocycles. The Morgan fingerprint density at radius 2 is 1.10 bits per heavy atom. The number of carbonyl (C=O) groups is 4. The van der Waals surface area contributed by atoms with Crippen molar-refractivity contribution < 1.29 is 47.6 Å². The lowest BCUT2D eigenvalue weighted by Crippen LogP contribution is -2.29. The number of hydrogen-bond donors (Lipinski definition) is 0. The maximum Gasteiger partial charge on any atom is 0.338 e. The van der Waals surface area contributed by atoms with E-state index in [4.69, 9.17) is 28.4 Å². The highest BCUT2D eigenvalue weighted by Gasteiger charge is 2.22. The molecular formula is C50H86N2O10. The molecule has 0 amide bonds. The third-order valence-corrected chi connectivity index (χ3v) is 10.7. The third kappa shape index (κ3) is 28.9. The summed E-state index contributed by atoms with van der Waals surface area (Å²) < 4.78 is 33.6. The topological polar surface area (TPSA) is 130 Å². The maximum atomic E-state index is 13.2. The monoisotopic (exact) mass is 875 g/mol. The molecule has 0 heterocycles. The molecule has 0 saturated carbocycles. The summed E-state index contributed by atoms with van der Waals surface area (Å²) in [6, 6.07) is 2.96. The number of methoxy groups -OCH3 is 2. The van der Waals surface area contributed by atoms with Crippen molar-refractivity contribution >= 4 is 23.9 Å². The highest BCUT2D eigenvalue weighted by Crippen LogP contribution is 2.39.